The number of nitrogens with zero attached hydrogens (tertiary/aromatic N) is 5. The molecule has 3 fully saturated rings. The van der Waals surface area contributed by atoms with Crippen LogP contribution in [0.5, 0.6) is 11.5 Å². The van der Waals surface area contributed by atoms with Gasteiger partial charge in [0.1, 0.15) is 23.6 Å². The molecule has 59 heavy (non-hydrogen) atoms. The van der Waals surface area contributed by atoms with Crippen LogP contribution in [0, 0.1) is 0 Å². The van der Waals surface area contributed by atoms with Gasteiger partial charge in [-0.3, -0.25) is 34.2 Å². The Bertz CT molecular complexity index is 2400. The highest BCUT2D eigenvalue weighted by Crippen LogP contribution is 2.40. The average molecular weight is 832 g/mol. The molecule has 2 unspecified atom stereocenters. The van der Waals surface area contributed by atoms with Crippen molar-refractivity contribution < 1.29 is 37.4 Å². The maximum Gasteiger partial charge on any atom is 0.281 e. The number of alkyl halides is 2. The number of piperidine rings is 2. The van der Waals surface area contributed by atoms with Gasteiger partial charge < -0.3 is 34.1 Å². The Morgan fingerprint density at radius 2 is 1.71 bits per heavy atom. The molecule has 2 atom stereocenters. The van der Waals surface area contributed by atoms with Gasteiger partial charge in [0.2, 0.25) is 11.8 Å². The number of likely N-dealkylation sites (tertiary alicyclic amines) is 1. The molecule has 4 aliphatic heterocycles. The predicted octanol–water partition coefficient (Wildman–Crippen LogP) is 3.83. The van der Waals surface area contributed by atoms with Gasteiger partial charge >= 0.3 is 0 Å². The third-order valence-electron chi connectivity index (χ3n) is 12.0. The second-order valence-electron chi connectivity index (χ2n) is 16.1. The SMILES string of the molecule is COc1cc(-c2cn(C)c(=O)c3cc(C(=O)NC4CN(C5CCN(c6ccc7c(c6)CN(C6CCC(=O)NC6=O)C7=O)CC5)CC4(F)F)sc23)cc(OC)c1CN(C)C. The van der Waals surface area contributed by atoms with Gasteiger partial charge in [0, 0.05) is 79.9 Å². The molecule has 0 aliphatic carbocycles. The van der Waals surface area contributed by atoms with E-state index in [-0.39, 0.29) is 54.2 Å². The summed E-state index contributed by atoms with van der Waals surface area (Å²) in [6, 6.07) is 8.59. The smallest absolute Gasteiger partial charge is 0.281 e. The fourth-order valence-corrected chi connectivity index (χ4v) is 9.98. The van der Waals surface area contributed by atoms with Crippen LogP contribution in [0.2, 0.25) is 0 Å². The fourth-order valence-electron chi connectivity index (χ4n) is 8.90. The van der Waals surface area contributed by atoms with Crippen LogP contribution in [0.15, 0.2) is 47.4 Å². The van der Waals surface area contributed by atoms with Gasteiger partial charge in [0.25, 0.3) is 23.3 Å². The minimum absolute atomic E-state index is 0.0165. The Morgan fingerprint density at radius 1 is 1.00 bits per heavy atom. The molecule has 0 radical (unpaired) electrons. The molecule has 312 valence electrons. The summed E-state index contributed by atoms with van der Waals surface area (Å²) in [5.74, 6) is -3.66. The number of imide groups is 1. The Kier molecular flexibility index (Phi) is 10.7. The second kappa shape index (κ2) is 15.7. The van der Waals surface area contributed by atoms with Crippen LogP contribution in [-0.2, 0) is 29.7 Å². The van der Waals surface area contributed by atoms with Crippen molar-refractivity contribution in [1.82, 2.24) is 29.9 Å². The number of rotatable bonds is 10. The minimum Gasteiger partial charge on any atom is -0.496 e. The first-order valence-electron chi connectivity index (χ1n) is 19.6. The van der Waals surface area contributed by atoms with E-state index in [9.17, 15) is 24.0 Å². The first-order valence-corrected chi connectivity index (χ1v) is 20.5. The van der Waals surface area contributed by atoms with Crippen LogP contribution in [0.3, 0.4) is 0 Å². The van der Waals surface area contributed by atoms with Crippen molar-refractivity contribution in [3.63, 3.8) is 0 Å². The molecule has 2 aromatic carbocycles. The van der Waals surface area contributed by atoms with Crippen LogP contribution >= 0.6 is 11.3 Å². The number of nitrogens with one attached hydrogen (secondary N) is 2. The number of carbonyl (C=O) groups excluding carboxylic acids is 4. The molecular formula is C42H47F2N7O7S. The third kappa shape index (κ3) is 7.55. The zero-order valence-electron chi connectivity index (χ0n) is 33.6. The van der Waals surface area contributed by atoms with Crippen molar-refractivity contribution in [1.29, 1.82) is 0 Å². The van der Waals surface area contributed by atoms with E-state index in [0.29, 0.717) is 70.8 Å². The highest BCUT2D eigenvalue weighted by molar-refractivity contribution is 7.21. The molecule has 4 amide bonds. The van der Waals surface area contributed by atoms with E-state index >= 15 is 8.78 Å². The molecule has 0 saturated carbocycles. The van der Waals surface area contributed by atoms with Gasteiger partial charge in [-0.25, -0.2) is 8.78 Å². The van der Waals surface area contributed by atoms with E-state index in [1.54, 1.807) is 38.4 Å². The zero-order valence-corrected chi connectivity index (χ0v) is 34.4. The topological polar surface area (TPSA) is 146 Å². The number of anilines is 1. The monoisotopic (exact) mass is 831 g/mol. The summed E-state index contributed by atoms with van der Waals surface area (Å²) in [4.78, 5) is 71.9. The number of aromatic nitrogens is 1. The molecule has 4 aromatic rings. The summed E-state index contributed by atoms with van der Waals surface area (Å²) in [5, 5.41) is 5.24. The standard InChI is InChI=1S/C42H47F2N7O7S/c1-47(2)19-30-32(57-4)15-23(16-33(30)58-5)29-20-48(3)40(55)28-17-34(59-37(28)29)39(54)45-35-21-50(22-42(35,43)44)25-10-12-49(13-11-25)26-6-7-27-24(14-26)18-51(41(27)56)31-8-9-36(52)46-38(31)53/h6-7,14-17,20,25,31,35H,8-13,18-19,21-22H2,1-5H3,(H,45,54)(H,46,52,53). The summed E-state index contributed by atoms with van der Waals surface area (Å²) in [6.07, 6.45) is 3.42. The third-order valence-corrected chi connectivity index (χ3v) is 13.1. The molecule has 6 heterocycles. The van der Waals surface area contributed by atoms with Crippen molar-refractivity contribution in [2.75, 3.05) is 59.4 Å². The van der Waals surface area contributed by atoms with Gasteiger partial charge in [-0.05, 0) is 80.9 Å². The minimum atomic E-state index is -3.17. The van der Waals surface area contributed by atoms with Crippen molar-refractivity contribution in [2.24, 2.45) is 7.05 Å². The number of pyridine rings is 1. The molecule has 2 N–H and O–H groups in total. The molecular weight excluding hydrogens is 785 g/mol. The maximum atomic E-state index is 15.6. The van der Waals surface area contributed by atoms with E-state index in [1.165, 1.54) is 15.5 Å². The number of halogens is 2. The van der Waals surface area contributed by atoms with Crippen LogP contribution in [-0.4, -0.2) is 121 Å². The van der Waals surface area contributed by atoms with Crippen LogP contribution in [0.25, 0.3) is 21.2 Å². The number of thiophene rings is 1. The summed E-state index contributed by atoms with van der Waals surface area (Å²) in [5.41, 5.74) is 4.18. The van der Waals surface area contributed by atoms with Gasteiger partial charge in [0.05, 0.1) is 36.6 Å². The number of aryl methyl sites for hydroxylation is 1. The zero-order chi connectivity index (χ0) is 41.9. The summed E-state index contributed by atoms with van der Waals surface area (Å²) in [6.45, 7) is 1.57. The molecule has 3 saturated heterocycles. The lowest BCUT2D eigenvalue weighted by molar-refractivity contribution is -0.136. The number of ether oxygens (including phenoxy) is 2. The Morgan fingerprint density at radius 3 is 2.37 bits per heavy atom. The Balaban J connectivity index is 0.936. The van der Waals surface area contributed by atoms with Crippen LogP contribution in [0.4, 0.5) is 14.5 Å². The first kappa shape index (κ1) is 40.4. The maximum absolute atomic E-state index is 15.6. The quantitative estimate of drug-likeness (QED) is 0.227. The number of fused-ring (bicyclic) bond motifs is 2. The van der Waals surface area contributed by atoms with E-state index < -0.39 is 36.4 Å². The molecule has 0 bridgehead atoms. The van der Waals surface area contributed by atoms with Gasteiger partial charge in [-0.1, -0.05) is 0 Å². The number of methoxy groups -OCH3 is 2. The van der Waals surface area contributed by atoms with Crippen LogP contribution in [0.1, 0.15) is 56.8 Å². The van der Waals surface area contributed by atoms with Gasteiger partial charge in [0.15, 0.2) is 0 Å². The number of amides is 4. The van der Waals surface area contributed by atoms with E-state index in [4.69, 9.17) is 9.47 Å². The second-order valence-corrected chi connectivity index (χ2v) is 17.1. The molecule has 2 aromatic heterocycles. The molecule has 14 nitrogen and oxygen atoms in total. The lowest BCUT2D eigenvalue weighted by atomic mass is 10.0. The normalized spacial score (nSPS) is 21.1. The summed E-state index contributed by atoms with van der Waals surface area (Å²) >= 11 is 1.09. The van der Waals surface area contributed by atoms with Gasteiger partial charge in [-0.2, -0.15) is 0 Å². The summed E-state index contributed by atoms with van der Waals surface area (Å²) in [7, 11) is 8.66. The lowest BCUT2D eigenvalue weighted by Crippen LogP contribution is -2.52. The van der Waals surface area contributed by atoms with Crippen molar-refractivity contribution in [3.05, 3.63) is 74.5 Å². The Hall–Kier alpha value is -5.39. The average Bonchev–Trinajstić information content (AvgIpc) is 3.89. The van der Waals surface area contributed by atoms with Crippen molar-refractivity contribution in [3.8, 4) is 22.6 Å². The summed E-state index contributed by atoms with van der Waals surface area (Å²) < 4.78 is 44.7. The Labute approximate surface area is 343 Å². The fraction of sp³-hybridized carbons (Fsp3) is 0.452. The number of hydrogen-bond acceptors (Lipinski definition) is 11. The number of benzene rings is 2. The van der Waals surface area contributed by atoms with E-state index in [2.05, 4.69) is 15.5 Å². The highest BCUT2D eigenvalue weighted by atomic mass is 32.1. The largest absolute Gasteiger partial charge is 0.496 e. The lowest BCUT2D eigenvalue weighted by Gasteiger charge is -2.37. The highest BCUT2D eigenvalue weighted by Gasteiger charge is 2.51. The molecule has 4 aliphatic rings. The molecule has 0 spiro atoms. The number of carbonyl (C=O) groups is 4. The molecule has 17 heteroatoms. The van der Waals surface area contributed by atoms with E-state index in [0.717, 1.165) is 28.2 Å². The van der Waals surface area contributed by atoms with Gasteiger partial charge in [-0.15, -0.1) is 11.3 Å². The van der Waals surface area contributed by atoms with Crippen molar-refractivity contribution >= 4 is 50.7 Å². The van der Waals surface area contributed by atoms with Crippen molar-refractivity contribution in [2.45, 2.75) is 62.8 Å². The number of hydrogen-bond donors (Lipinski definition) is 2. The predicted molar refractivity (Wildman–Crippen MR) is 218 cm³/mol. The molecule has 8 rings (SSSR count). The van der Waals surface area contributed by atoms with Crippen LogP contribution < -0.4 is 30.6 Å². The van der Waals surface area contributed by atoms with E-state index in [1.807, 2.05) is 43.3 Å². The first-order chi connectivity index (χ1) is 28.1.